The number of halogens is 1. The normalized spacial score (nSPS) is 11.2. The fourth-order valence-electron chi connectivity index (χ4n) is 2.43. The van der Waals surface area contributed by atoms with Gasteiger partial charge in [0.05, 0.1) is 18.1 Å². The van der Waals surface area contributed by atoms with Gasteiger partial charge in [-0.15, -0.1) is 16.7 Å². The van der Waals surface area contributed by atoms with Crippen LogP contribution in [0.3, 0.4) is 0 Å². The fraction of sp³-hybridized carbons (Fsp3) is 0.143. The molecule has 0 atom stereocenters. The van der Waals surface area contributed by atoms with Crippen molar-refractivity contribution in [2.75, 3.05) is 11.6 Å². The van der Waals surface area contributed by atoms with Crippen LogP contribution in [0.15, 0.2) is 24.4 Å². The van der Waals surface area contributed by atoms with Gasteiger partial charge < -0.3 is 5.73 Å². The maximum Gasteiger partial charge on any atom is 0.225 e. The van der Waals surface area contributed by atoms with Crippen molar-refractivity contribution in [2.24, 2.45) is 0 Å². The van der Waals surface area contributed by atoms with E-state index in [1.807, 2.05) is 6.07 Å². The van der Waals surface area contributed by atoms with Crippen LogP contribution in [0.4, 0.5) is 5.95 Å². The fourth-order valence-corrected chi connectivity index (χ4v) is 2.59. The molecule has 4 rings (SSSR count). The topological polar surface area (TPSA) is 124 Å². The van der Waals surface area contributed by atoms with Gasteiger partial charge in [-0.05, 0) is 12.1 Å². The van der Waals surface area contributed by atoms with Gasteiger partial charge in [0.2, 0.25) is 11.8 Å². The molecule has 0 saturated carbocycles. The van der Waals surface area contributed by atoms with Gasteiger partial charge in [0.25, 0.3) is 0 Å². The van der Waals surface area contributed by atoms with Crippen molar-refractivity contribution in [1.29, 1.82) is 5.26 Å². The Hall–Kier alpha value is -3.25. The predicted octanol–water partition coefficient (Wildman–Crippen LogP) is 1.23. The van der Waals surface area contributed by atoms with Crippen molar-refractivity contribution in [3.63, 3.8) is 0 Å². The number of aryl methyl sites for hydroxylation is 1. The van der Waals surface area contributed by atoms with Gasteiger partial charge in [-0.25, -0.2) is 14.6 Å². The summed E-state index contributed by atoms with van der Waals surface area (Å²) in [5.41, 5.74) is 7.89. The average Bonchev–Trinajstić information content (AvgIpc) is 3.21. The molecule has 0 aromatic carbocycles. The first-order chi connectivity index (χ1) is 11.7. The second-order valence-electron chi connectivity index (χ2n) is 4.95. The van der Waals surface area contributed by atoms with Gasteiger partial charge in [0.1, 0.15) is 17.5 Å². The predicted molar refractivity (Wildman–Crippen MR) is 87.2 cm³/mol. The van der Waals surface area contributed by atoms with Crippen molar-refractivity contribution >= 4 is 34.2 Å². The highest BCUT2D eigenvalue weighted by Gasteiger charge is 2.16. The molecule has 0 spiro atoms. The minimum atomic E-state index is 0.184. The van der Waals surface area contributed by atoms with Gasteiger partial charge >= 0.3 is 0 Å². The third kappa shape index (κ3) is 2.12. The van der Waals surface area contributed by atoms with Crippen LogP contribution in [-0.2, 0) is 6.54 Å². The Balaban J connectivity index is 1.96. The van der Waals surface area contributed by atoms with Gasteiger partial charge in [-0.1, -0.05) is 6.07 Å². The molecule has 0 aliphatic rings. The van der Waals surface area contributed by atoms with Gasteiger partial charge in [0, 0.05) is 5.88 Å². The van der Waals surface area contributed by atoms with Crippen molar-refractivity contribution in [2.45, 2.75) is 6.54 Å². The number of pyridine rings is 1. The van der Waals surface area contributed by atoms with Crippen LogP contribution in [0.2, 0.25) is 0 Å². The van der Waals surface area contributed by atoms with Crippen molar-refractivity contribution < 1.29 is 0 Å². The molecular formula is C14H10ClN9. The largest absolute Gasteiger partial charge is 0.368 e. The van der Waals surface area contributed by atoms with E-state index in [0.717, 1.165) is 0 Å². The Morgan fingerprint density at radius 3 is 2.88 bits per heavy atom. The molecule has 4 aromatic heterocycles. The lowest BCUT2D eigenvalue weighted by molar-refractivity contribution is 0.680. The molecule has 0 aliphatic heterocycles. The lowest BCUT2D eigenvalue weighted by Gasteiger charge is -2.01. The summed E-state index contributed by atoms with van der Waals surface area (Å²) in [6.07, 6.45) is 1.65. The molecule has 0 bridgehead atoms. The van der Waals surface area contributed by atoms with Gasteiger partial charge in [-0.2, -0.15) is 19.9 Å². The number of nitriles is 1. The van der Waals surface area contributed by atoms with E-state index in [9.17, 15) is 0 Å². The SMILES string of the molecule is N#Cc1cccc(-c2nc3c4cnn(CCCl)c4nc(N)n3n2)n1. The second-order valence-corrected chi connectivity index (χ2v) is 5.33. The van der Waals surface area contributed by atoms with Crippen LogP contribution in [0.5, 0.6) is 0 Å². The van der Waals surface area contributed by atoms with E-state index in [1.54, 1.807) is 29.1 Å². The monoisotopic (exact) mass is 339 g/mol. The number of aromatic nitrogens is 7. The first-order valence-corrected chi connectivity index (χ1v) is 7.56. The number of nitrogens with zero attached hydrogens (tertiary/aromatic N) is 8. The number of anilines is 1. The summed E-state index contributed by atoms with van der Waals surface area (Å²) in [6.45, 7) is 0.514. The molecule has 0 saturated heterocycles. The standard InChI is InChI=1S/C14H10ClN9/c15-4-5-23-12-9(7-18-23)13-20-11(22-24(13)14(17)21-12)10-3-1-2-8(6-16)19-10/h1-3,7H,4-5H2,(H2,17,21). The summed E-state index contributed by atoms with van der Waals surface area (Å²) in [5, 5.41) is 18.3. The average molecular weight is 340 g/mol. The number of hydrogen-bond donors (Lipinski definition) is 1. The first kappa shape index (κ1) is 14.3. The molecule has 0 radical (unpaired) electrons. The lowest BCUT2D eigenvalue weighted by atomic mass is 10.3. The Morgan fingerprint density at radius 1 is 1.21 bits per heavy atom. The van der Waals surface area contributed by atoms with Crippen LogP contribution in [0.25, 0.3) is 28.2 Å². The summed E-state index contributed by atoms with van der Waals surface area (Å²) in [6, 6.07) is 7.06. The van der Waals surface area contributed by atoms with Crippen LogP contribution in [0, 0.1) is 11.3 Å². The molecule has 0 unspecified atom stereocenters. The minimum Gasteiger partial charge on any atom is -0.368 e. The zero-order chi connectivity index (χ0) is 16.7. The third-order valence-electron chi connectivity index (χ3n) is 3.49. The molecule has 4 aromatic rings. The van der Waals surface area contributed by atoms with E-state index in [2.05, 4.69) is 25.1 Å². The van der Waals surface area contributed by atoms with E-state index in [1.165, 1.54) is 4.52 Å². The first-order valence-electron chi connectivity index (χ1n) is 7.02. The summed E-state index contributed by atoms with van der Waals surface area (Å²) < 4.78 is 3.10. The molecule has 0 amide bonds. The van der Waals surface area contributed by atoms with Crippen LogP contribution >= 0.6 is 11.6 Å². The van der Waals surface area contributed by atoms with Crippen molar-refractivity contribution in [3.05, 3.63) is 30.1 Å². The Bertz CT molecular complexity index is 1100. The number of alkyl halides is 1. The Morgan fingerprint density at radius 2 is 2.08 bits per heavy atom. The van der Waals surface area contributed by atoms with E-state index in [4.69, 9.17) is 22.6 Å². The van der Waals surface area contributed by atoms with E-state index >= 15 is 0 Å². The number of nitrogen functional groups attached to an aromatic ring is 1. The molecule has 118 valence electrons. The Labute approximate surface area is 140 Å². The quantitative estimate of drug-likeness (QED) is 0.556. The third-order valence-corrected chi connectivity index (χ3v) is 3.66. The van der Waals surface area contributed by atoms with Gasteiger partial charge in [0.15, 0.2) is 11.3 Å². The summed E-state index contributed by atoms with van der Waals surface area (Å²) in [5.74, 6) is 0.953. The molecule has 4 heterocycles. The van der Waals surface area contributed by atoms with E-state index in [-0.39, 0.29) is 11.6 Å². The zero-order valence-electron chi connectivity index (χ0n) is 12.3. The van der Waals surface area contributed by atoms with E-state index in [0.29, 0.717) is 40.6 Å². The summed E-state index contributed by atoms with van der Waals surface area (Å²) in [4.78, 5) is 13.0. The highest BCUT2D eigenvalue weighted by atomic mass is 35.5. The molecule has 0 aliphatic carbocycles. The lowest BCUT2D eigenvalue weighted by Crippen LogP contribution is -2.06. The number of rotatable bonds is 3. The number of hydrogen-bond acceptors (Lipinski definition) is 7. The molecular weight excluding hydrogens is 330 g/mol. The molecule has 10 heteroatoms. The minimum absolute atomic E-state index is 0.184. The molecule has 9 nitrogen and oxygen atoms in total. The van der Waals surface area contributed by atoms with E-state index < -0.39 is 0 Å². The Kier molecular flexibility index (Phi) is 3.25. The number of fused-ring (bicyclic) bond motifs is 3. The smallest absolute Gasteiger partial charge is 0.225 e. The van der Waals surface area contributed by atoms with Crippen LogP contribution in [0.1, 0.15) is 5.69 Å². The highest BCUT2D eigenvalue weighted by molar-refractivity contribution is 6.17. The number of nitrogens with two attached hydrogens (primary N) is 1. The van der Waals surface area contributed by atoms with Crippen LogP contribution < -0.4 is 5.73 Å². The van der Waals surface area contributed by atoms with Crippen molar-refractivity contribution in [1.82, 2.24) is 34.3 Å². The second kappa shape index (κ2) is 5.43. The highest BCUT2D eigenvalue weighted by Crippen LogP contribution is 2.22. The molecule has 2 N–H and O–H groups in total. The maximum absolute atomic E-state index is 8.98. The molecule has 0 fully saturated rings. The maximum atomic E-state index is 8.98. The summed E-state index contributed by atoms with van der Waals surface area (Å²) >= 11 is 5.78. The van der Waals surface area contributed by atoms with Gasteiger partial charge in [-0.3, -0.25) is 0 Å². The van der Waals surface area contributed by atoms with Crippen LogP contribution in [-0.4, -0.2) is 40.2 Å². The summed E-state index contributed by atoms with van der Waals surface area (Å²) in [7, 11) is 0. The van der Waals surface area contributed by atoms with Crippen molar-refractivity contribution in [3.8, 4) is 17.6 Å². The zero-order valence-corrected chi connectivity index (χ0v) is 13.0. The molecule has 24 heavy (non-hydrogen) atoms.